The average molecular weight is 253 g/mol. The lowest BCUT2D eigenvalue weighted by atomic mass is 10.1. The molecule has 0 radical (unpaired) electrons. The third kappa shape index (κ3) is 1.26. The van der Waals surface area contributed by atoms with E-state index in [-0.39, 0.29) is 0 Å². The monoisotopic (exact) mass is 252 g/mol. The summed E-state index contributed by atoms with van der Waals surface area (Å²) in [5.74, 6) is 0. The quantitative estimate of drug-likeness (QED) is 0.771. The number of benzene rings is 1. The summed E-state index contributed by atoms with van der Waals surface area (Å²) in [5, 5.41) is 5.27. The number of para-hydroxylation sites is 1. The predicted molar refractivity (Wildman–Crippen MR) is 58.5 cm³/mol. The van der Waals surface area contributed by atoms with Crippen molar-refractivity contribution in [2.75, 3.05) is 0 Å². The molecule has 14 heavy (non-hydrogen) atoms. The van der Waals surface area contributed by atoms with Gasteiger partial charge < -0.3 is 0 Å². The smallest absolute Gasteiger partial charge is 0.152 e. The minimum absolute atomic E-state index is 0.683. The number of aromatic nitrogens is 2. The summed E-state index contributed by atoms with van der Waals surface area (Å²) in [6.45, 7) is 2.76. The molecule has 1 heterocycles. The van der Waals surface area contributed by atoms with Gasteiger partial charge in [0.2, 0.25) is 0 Å². The zero-order valence-corrected chi connectivity index (χ0v) is 9.28. The Labute approximate surface area is 89.8 Å². The number of carbonyl (C=O) groups is 1. The van der Waals surface area contributed by atoms with Crippen molar-refractivity contribution in [2.45, 2.75) is 13.5 Å². The third-order valence-corrected chi connectivity index (χ3v) is 2.77. The van der Waals surface area contributed by atoms with Crippen LogP contribution < -0.4 is 0 Å². The van der Waals surface area contributed by atoms with Crippen LogP contribution in [0.15, 0.2) is 22.8 Å². The van der Waals surface area contributed by atoms with E-state index in [4.69, 9.17) is 0 Å². The summed E-state index contributed by atoms with van der Waals surface area (Å²) in [7, 11) is 0. The molecule has 4 heteroatoms. The molecule has 3 nitrogen and oxygen atoms in total. The van der Waals surface area contributed by atoms with Gasteiger partial charge >= 0.3 is 0 Å². The second kappa shape index (κ2) is 3.53. The van der Waals surface area contributed by atoms with E-state index in [1.54, 1.807) is 6.07 Å². The minimum atomic E-state index is 0.683. The molecule has 0 saturated carbocycles. The van der Waals surface area contributed by atoms with E-state index in [0.29, 0.717) is 5.56 Å². The Bertz CT molecular complexity index is 490. The van der Waals surface area contributed by atoms with Gasteiger partial charge in [0.25, 0.3) is 0 Å². The SMILES string of the molecule is CCn1nc(Br)c2cccc(C=O)c21. The lowest BCUT2D eigenvalue weighted by Crippen LogP contribution is -1.98. The number of rotatable bonds is 2. The molecular formula is C10H9BrN2O. The summed E-state index contributed by atoms with van der Waals surface area (Å²) in [4.78, 5) is 10.8. The first-order valence-electron chi connectivity index (χ1n) is 4.38. The summed E-state index contributed by atoms with van der Waals surface area (Å²) < 4.78 is 2.61. The van der Waals surface area contributed by atoms with Crippen LogP contribution in [0.25, 0.3) is 10.9 Å². The maximum atomic E-state index is 10.8. The van der Waals surface area contributed by atoms with Gasteiger partial charge in [0, 0.05) is 17.5 Å². The van der Waals surface area contributed by atoms with Gasteiger partial charge in [0.15, 0.2) is 6.29 Å². The molecule has 0 N–H and O–H groups in total. The van der Waals surface area contributed by atoms with Crippen LogP contribution in [0.4, 0.5) is 0 Å². The van der Waals surface area contributed by atoms with Crippen LogP contribution in [-0.4, -0.2) is 16.1 Å². The fourth-order valence-corrected chi connectivity index (χ4v) is 2.06. The molecule has 1 aromatic heterocycles. The van der Waals surface area contributed by atoms with Gasteiger partial charge in [-0.05, 0) is 35.0 Å². The van der Waals surface area contributed by atoms with Crippen LogP contribution in [0.3, 0.4) is 0 Å². The highest BCUT2D eigenvalue weighted by atomic mass is 79.9. The summed E-state index contributed by atoms with van der Waals surface area (Å²) >= 11 is 3.37. The van der Waals surface area contributed by atoms with Crippen molar-refractivity contribution in [1.82, 2.24) is 9.78 Å². The zero-order valence-electron chi connectivity index (χ0n) is 7.70. The van der Waals surface area contributed by atoms with Gasteiger partial charge in [-0.1, -0.05) is 6.07 Å². The standard InChI is InChI=1S/C10H9BrN2O/c1-2-13-9-7(6-14)4-3-5-8(9)10(11)12-13/h3-6H,2H2,1H3. The van der Waals surface area contributed by atoms with Gasteiger partial charge in [-0.25, -0.2) is 0 Å². The Morgan fingerprint density at radius 3 is 3.00 bits per heavy atom. The van der Waals surface area contributed by atoms with Crippen LogP contribution in [0.2, 0.25) is 0 Å². The normalized spacial score (nSPS) is 10.7. The summed E-state index contributed by atoms with van der Waals surface area (Å²) in [6, 6.07) is 5.61. The third-order valence-electron chi connectivity index (χ3n) is 2.18. The molecule has 0 saturated heterocycles. The van der Waals surface area contributed by atoms with E-state index < -0.39 is 0 Å². The van der Waals surface area contributed by atoms with Gasteiger partial charge in [0.1, 0.15) is 4.60 Å². The highest BCUT2D eigenvalue weighted by Crippen LogP contribution is 2.25. The molecule has 0 fully saturated rings. The highest BCUT2D eigenvalue weighted by molar-refractivity contribution is 9.10. The van der Waals surface area contributed by atoms with E-state index in [1.165, 1.54) is 0 Å². The molecule has 1 aromatic carbocycles. The number of halogens is 1. The number of nitrogens with zero attached hydrogens (tertiary/aromatic N) is 2. The molecule has 0 aliphatic rings. The molecule has 72 valence electrons. The summed E-state index contributed by atoms with van der Waals surface area (Å²) in [5.41, 5.74) is 1.58. The second-order valence-electron chi connectivity index (χ2n) is 2.97. The van der Waals surface area contributed by atoms with Crippen molar-refractivity contribution in [3.8, 4) is 0 Å². The Balaban J connectivity index is 2.89. The lowest BCUT2D eigenvalue weighted by molar-refractivity contribution is 0.112. The first-order valence-corrected chi connectivity index (χ1v) is 5.17. The van der Waals surface area contributed by atoms with Crippen molar-refractivity contribution in [1.29, 1.82) is 0 Å². The van der Waals surface area contributed by atoms with E-state index in [0.717, 1.165) is 28.3 Å². The van der Waals surface area contributed by atoms with Gasteiger partial charge in [-0.3, -0.25) is 9.48 Å². The van der Waals surface area contributed by atoms with Gasteiger partial charge in [0.05, 0.1) is 5.52 Å². The molecule has 0 aliphatic heterocycles. The molecular weight excluding hydrogens is 244 g/mol. The Morgan fingerprint density at radius 1 is 1.57 bits per heavy atom. The largest absolute Gasteiger partial charge is 0.298 e. The number of hydrogen-bond donors (Lipinski definition) is 0. The van der Waals surface area contributed by atoms with Crippen LogP contribution in [-0.2, 0) is 6.54 Å². The first-order chi connectivity index (χ1) is 6.77. The first kappa shape index (κ1) is 9.40. The average Bonchev–Trinajstić information content (AvgIpc) is 2.56. The Hall–Kier alpha value is -1.16. The molecule has 2 rings (SSSR count). The number of carbonyl (C=O) groups excluding carboxylic acids is 1. The van der Waals surface area contributed by atoms with Gasteiger partial charge in [-0.15, -0.1) is 0 Å². The van der Waals surface area contributed by atoms with Crippen LogP contribution in [0, 0.1) is 0 Å². The van der Waals surface area contributed by atoms with Crippen molar-refractivity contribution in [3.63, 3.8) is 0 Å². The predicted octanol–water partition coefficient (Wildman–Crippen LogP) is 2.63. The number of aryl methyl sites for hydroxylation is 1. The number of fused-ring (bicyclic) bond motifs is 1. The topological polar surface area (TPSA) is 34.9 Å². The summed E-state index contributed by atoms with van der Waals surface area (Å²) in [6.07, 6.45) is 0.864. The maximum absolute atomic E-state index is 10.8. The lowest BCUT2D eigenvalue weighted by Gasteiger charge is -1.99. The maximum Gasteiger partial charge on any atom is 0.152 e. The van der Waals surface area contributed by atoms with Crippen molar-refractivity contribution >= 4 is 33.1 Å². The Kier molecular flexibility index (Phi) is 2.37. The van der Waals surface area contributed by atoms with Crippen LogP contribution in [0.5, 0.6) is 0 Å². The van der Waals surface area contributed by atoms with Gasteiger partial charge in [-0.2, -0.15) is 5.10 Å². The van der Waals surface area contributed by atoms with Crippen LogP contribution >= 0.6 is 15.9 Å². The zero-order chi connectivity index (χ0) is 10.1. The number of aldehydes is 1. The van der Waals surface area contributed by atoms with Crippen molar-refractivity contribution < 1.29 is 4.79 Å². The molecule has 0 atom stereocenters. The molecule has 0 amide bonds. The second-order valence-corrected chi connectivity index (χ2v) is 3.72. The minimum Gasteiger partial charge on any atom is -0.298 e. The van der Waals surface area contributed by atoms with Crippen molar-refractivity contribution in [2.24, 2.45) is 0 Å². The highest BCUT2D eigenvalue weighted by Gasteiger charge is 2.10. The van der Waals surface area contributed by atoms with E-state index in [2.05, 4.69) is 21.0 Å². The molecule has 0 bridgehead atoms. The fourth-order valence-electron chi connectivity index (χ4n) is 1.55. The fraction of sp³-hybridized carbons (Fsp3) is 0.200. The van der Waals surface area contributed by atoms with Crippen molar-refractivity contribution in [3.05, 3.63) is 28.4 Å². The van der Waals surface area contributed by atoms with E-state index >= 15 is 0 Å². The van der Waals surface area contributed by atoms with Crippen LogP contribution in [0.1, 0.15) is 17.3 Å². The molecule has 2 aromatic rings. The molecule has 0 unspecified atom stereocenters. The molecule has 0 spiro atoms. The van der Waals surface area contributed by atoms with E-state index in [9.17, 15) is 4.79 Å². The number of hydrogen-bond acceptors (Lipinski definition) is 2. The molecule has 0 aliphatic carbocycles. The van der Waals surface area contributed by atoms with E-state index in [1.807, 2.05) is 23.7 Å². The Morgan fingerprint density at radius 2 is 2.36 bits per heavy atom.